The number of benzene rings is 1. The van der Waals surface area contributed by atoms with E-state index in [-0.39, 0.29) is 10.9 Å². The number of nitrogens with zero attached hydrogens (tertiary/aromatic N) is 5. The lowest BCUT2D eigenvalue weighted by molar-refractivity contribution is 0.472. The predicted molar refractivity (Wildman–Crippen MR) is 121 cm³/mol. The average molecular weight is 453 g/mol. The van der Waals surface area contributed by atoms with Crippen molar-refractivity contribution >= 4 is 27.4 Å². The Balaban J connectivity index is 1.57. The van der Waals surface area contributed by atoms with Crippen molar-refractivity contribution in [3.05, 3.63) is 54.0 Å². The molecule has 0 saturated carbocycles. The molecule has 1 atom stereocenters. The molecule has 5 rings (SSSR count). The summed E-state index contributed by atoms with van der Waals surface area (Å²) in [4.78, 5) is 9.54. The lowest BCUT2D eigenvalue weighted by atomic mass is 10.1. The number of imidazole rings is 1. The molecule has 0 amide bonds. The zero-order chi connectivity index (χ0) is 22.5. The summed E-state index contributed by atoms with van der Waals surface area (Å²) in [7, 11) is -3.62. The molecule has 11 heteroatoms. The van der Waals surface area contributed by atoms with Crippen LogP contribution in [0, 0.1) is 13.8 Å². The van der Waals surface area contributed by atoms with E-state index in [2.05, 4.69) is 20.5 Å². The highest BCUT2D eigenvalue weighted by molar-refractivity contribution is 7.89. The summed E-state index contributed by atoms with van der Waals surface area (Å²) in [6, 6.07) is 10.4. The number of sulfonamides is 1. The number of nitrogens with two attached hydrogens (primary N) is 1. The van der Waals surface area contributed by atoms with Gasteiger partial charge in [-0.2, -0.15) is 9.40 Å². The second kappa shape index (κ2) is 7.69. The van der Waals surface area contributed by atoms with Crippen molar-refractivity contribution < 1.29 is 8.42 Å². The molecule has 32 heavy (non-hydrogen) atoms. The van der Waals surface area contributed by atoms with Gasteiger partial charge in [-0.1, -0.05) is 12.1 Å². The van der Waals surface area contributed by atoms with Crippen molar-refractivity contribution in [1.82, 2.24) is 28.9 Å². The van der Waals surface area contributed by atoms with Crippen LogP contribution in [0.1, 0.15) is 17.8 Å². The molecule has 4 aromatic rings. The smallest absolute Gasteiger partial charge is 0.243 e. The molecule has 4 N–H and O–H groups in total. The van der Waals surface area contributed by atoms with Gasteiger partial charge in [0.15, 0.2) is 5.82 Å². The minimum atomic E-state index is -3.62. The van der Waals surface area contributed by atoms with Crippen LogP contribution in [-0.2, 0) is 10.0 Å². The second-order valence-corrected chi connectivity index (χ2v) is 10.0. The van der Waals surface area contributed by atoms with E-state index in [0.29, 0.717) is 48.2 Å². The molecule has 0 spiro atoms. The number of fused-ring (bicyclic) bond motifs is 1. The van der Waals surface area contributed by atoms with Crippen molar-refractivity contribution in [2.45, 2.75) is 31.2 Å². The van der Waals surface area contributed by atoms with Gasteiger partial charge in [0.2, 0.25) is 16.0 Å². The van der Waals surface area contributed by atoms with Crippen molar-refractivity contribution in [2.24, 2.45) is 5.73 Å². The number of aromatic amines is 1. The molecule has 0 radical (unpaired) electrons. The summed E-state index contributed by atoms with van der Waals surface area (Å²) >= 11 is 0. The Kier molecular flexibility index (Phi) is 4.96. The molecule has 166 valence electrons. The van der Waals surface area contributed by atoms with Crippen LogP contribution in [0.2, 0.25) is 0 Å². The van der Waals surface area contributed by atoms with E-state index in [1.807, 2.05) is 42.6 Å². The molecule has 1 saturated heterocycles. The molecule has 1 unspecified atom stereocenters. The Morgan fingerprint density at radius 2 is 2.03 bits per heavy atom. The van der Waals surface area contributed by atoms with Gasteiger partial charge in [0.25, 0.3) is 0 Å². The van der Waals surface area contributed by atoms with Crippen LogP contribution in [0.25, 0.3) is 16.9 Å². The fourth-order valence-electron chi connectivity index (χ4n) is 3.88. The number of nitrogens with one attached hydrogen (secondary N) is 2. The molecule has 1 aliphatic rings. The van der Waals surface area contributed by atoms with E-state index in [4.69, 9.17) is 10.7 Å². The molecular weight excluding hydrogens is 428 g/mol. The predicted octanol–water partition coefficient (Wildman–Crippen LogP) is 2.20. The molecule has 1 aliphatic heterocycles. The van der Waals surface area contributed by atoms with Crippen LogP contribution in [-0.4, -0.2) is 56.4 Å². The molecule has 0 bridgehead atoms. The van der Waals surface area contributed by atoms with Gasteiger partial charge in [-0.3, -0.25) is 9.50 Å². The molecule has 0 aliphatic carbocycles. The standard InChI is InChI=1S/C21H24N8O2S/c1-13-8-19(27-26-13)25-21-24-18(10-20-23-14(2)11-29(20)21)15-4-3-5-17(9-15)32(30,31)28-7-6-16(22)12-28/h3-5,8-11,16H,6-7,12,22H2,1-2H3,(H2,24,25,26,27). The van der Waals surface area contributed by atoms with Crippen LogP contribution in [0.3, 0.4) is 0 Å². The first-order chi connectivity index (χ1) is 15.3. The number of hydrogen-bond acceptors (Lipinski definition) is 7. The number of aryl methyl sites for hydroxylation is 2. The number of rotatable bonds is 5. The zero-order valence-electron chi connectivity index (χ0n) is 17.8. The van der Waals surface area contributed by atoms with Crippen molar-refractivity contribution in [3.8, 4) is 11.3 Å². The summed E-state index contributed by atoms with van der Waals surface area (Å²) in [5.41, 5.74) is 9.65. The summed E-state index contributed by atoms with van der Waals surface area (Å²) in [6.07, 6.45) is 2.55. The molecule has 4 heterocycles. The first-order valence-electron chi connectivity index (χ1n) is 10.3. The number of aromatic nitrogens is 5. The van der Waals surface area contributed by atoms with Gasteiger partial charge in [0, 0.05) is 48.7 Å². The highest BCUT2D eigenvalue weighted by Gasteiger charge is 2.31. The summed E-state index contributed by atoms with van der Waals surface area (Å²) in [5, 5.41) is 10.3. The average Bonchev–Trinajstić information content (AvgIpc) is 3.47. The largest absolute Gasteiger partial charge is 0.326 e. The highest BCUT2D eigenvalue weighted by atomic mass is 32.2. The quantitative estimate of drug-likeness (QED) is 0.422. The summed E-state index contributed by atoms with van der Waals surface area (Å²) in [6.45, 7) is 4.59. The Hall–Kier alpha value is -3.28. The molecule has 1 fully saturated rings. The zero-order valence-corrected chi connectivity index (χ0v) is 18.6. The van der Waals surface area contributed by atoms with E-state index >= 15 is 0 Å². The minimum absolute atomic E-state index is 0.125. The number of hydrogen-bond donors (Lipinski definition) is 3. The van der Waals surface area contributed by atoms with E-state index in [1.165, 1.54) is 4.31 Å². The van der Waals surface area contributed by atoms with Crippen molar-refractivity contribution in [3.63, 3.8) is 0 Å². The first-order valence-corrected chi connectivity index (χ1v) is 11.8. The van der Waals surface area contributed by atoms with Gasteiger partial charge in [0.05, 0.1) is 16.3 Å². The van der Waals surface area contributed by atoms with Crippen LogP contribution >= 0.6 is 0 Å². The van der Waals surface area contributed by atoms with Gasteiger partial charge in [0.1, 0.15) is 5.65 Å². The normalized spacial score (nSPS) is 17.3. The monoisotopic (exact) mass is 452 g/mol. The van der Waals surface area contributed by atoms with E-state index < -0.39 is 10.0 Å². The molecule has 10 nitrogen and oxygen atoms in total. The van der Waals surface area contributed by atoms with E-state index in [9.17, 15) is 8.42 Å². The third-order valence-electron chi connectivity index (χ3n) is 5.47. The maximum Gasteiger partial charge on any atom is 0.243 e. The van der Waals surface area contributed by atoms with Crippen molar-refractivity contribution in [2.75, 3.05) is 18.4 Å². The van der Waals surface area contributed by atoms with Gasteiger partial charge in [-0.05, 0) is 32.4 Å². The lowest BCUT2D eigenvalue weighted by Crippen LogP contribution is -2.31. The fourth-order valence-corrected chi connectivity index (χ4v) is 5.44. The number of anilines is 2. The molecular formula is C21H24N8O2S. The van der Waals surface area contributed by atoms with E-state index in [0.717, 1.165) is 11.4 Å². The first kappa shape index (κ1) is 20.6. The maximum absolute atomic E-state index is 13.1. The molecule has 1 aromatic carbocycles. The summed E-state index contributed by atoms with van der Waals surface area (Å²) in [5.74, 6) is 1.16. The van der Waals surface area contributed by atoms with Crippen LogP contribution in [0.4, 0.5) is 11.8 Å². The van der Waals surface area contributed by atoms with Crippen LogP contribution < -0.4 is 11.1 Å². The minimum Gasteiger partial charge on any atom is -0.326 e. The topological polar surface area (TPSA) is 134 Å². The Morgan fingerprint density at radius 1 is 1.19 bits per heavy atom. The Morgan fingerprint density at radius 3 is 2.75 bits per heavy atom. The summed E-state index contributed by atoms with van der Waals surface area (Å²) < 4.78 is 29.5. The highest BCUT2D eigenvalue weighted by Crippen LogP contribution is 2.28. The van der Waals surface area contributed by atoms with Gasteiger partial charge >= 0.3 is 0 Å². The third-order valence-corrected chi connectivity index (χ3v) is 7.34. The Bertz CT molecular complexity index is 1410. The maximum atomic E-state index is 13.1. The second-order valence-electron chi connectivity index (χ2n) is 8.08. The van der Waals surface area contributed by atoms with Crippen LogP contribution in [0.5, 0.6) is 0 Å². The third kappa shape index (κ3) is 3.74. The van der Waals surface area contributed by atoms with Gasteiger partial charge < -0.3 is 11.1 Å². The SMILES string of the molecule is Cc1cn2c(Nc3cc(C)[nH]n3)nc(-c3cccc(S(=O)(=O)N4CCC(N)C4)c3)cc2n1. The van der Waals surface area contributed by atoms with Gasteiger partial charge in [-0.25, -0.2) is 18.4 Å². The van der Waals surface area contributed by atoms with E-state index in [1.54, 1.807) is 18.2 Å². The lowest BCUT2D eigenvalue weighted by Gasteiger charge is -2.16. The van der Waals surface area contributed by atoms with Crippen LogP contribution in [0.15, 0.2) is 47.5 Å². The fraction of sp³-hybridized carbons (Fsp3) is 0.286. The van der Waals surface area contributed by atoms with Gasteiger partial charge in [-0.15, -0.1) is 0 Å². The molecule has 3 aromatic heterocycles. The Labute approximate surface area is 185 Å². The van der Waals surface area contributed by atoms with Crippen molar-refractivity contribution in [1.29, 1.82) is 0 Å². The number of H-pyrrole nitrogens is 1.